The van der Waals surface area contributed by atoms with Gasteiger partial charge in [0.05, 0.1) is 18.8 Å². The number of amides is 1. The first kappa shape index (κ1) is 25.0. The molecule has 3 aromatic rings. The van der Waals surface area contributed by atoms with Crippen LogP contribution in [0.25, 0.3) is 11.3 Å². The zero-order valence-corrected chi connectivity index (χ0v) is 22.7. The fourth-order valence-corrected chi connectivity index (χ4v) is 6.79. The van der Waals surface area contributed by atoms with Gasteiger partial charge in [0.25, 0.3) is 5.91 Å². The number of fused-ring (bicyclic) bond motifs is 2. The fraction of sp³-hybridized carbons (Fsp3) is 0.467. The first-order valence-corrected chi connectivity index (χ1v) is 13.2. The molecule has 1 heterocycles. The molecule has 190 valence electrons. The van der Waals surface area contributed by atoms with E-state index in [1.807, 2.05) is 28.9 Å². The van der Waals surface area contributed by atoms with Crippen molar-refractivity contribution in [1.29, 1.82) is 0 Å². The summed E-state index contributed by atoms with van der Waals surface area (Å²) in [7, 11) is 1.66. The van der Waals surface area contributed by atoms with E-state index in [1.165, 1.54) is 24.8 Å². The highest BCUT2D eigenvalue weighted by atomic mass is 35.5. The molecule has 5 nitrogen and oxygen atoms in total. The molecule has 1 amide bonds. The summed E-state index contributed by atoms with van der Waals surface area (Å²) in [5.74, 6) is 0.563. The Hall–Kier alpha value is -2.63. The zero-order chi connectivity index (χ0) is 25.7. The Balaban J connectivity index is 1.49. The normalized spacial score (nSPS) is 24.3. The van der Waals surface area contributed by atoms with E-state index in [0.717, 1.165) is 22.4 Å². The molecule has 0 saturated heterocycles. The number of carbonyl (C=O) groups excluding carboxylic acids is 1. The van der Waals surface area contributed by atoms with Crippen molar-refractivity contribution in [3.05, 3.63) is 75.9 Å². The van der Waals surface area contributed by atoms with Gasteiger partial charge in [0.1, 0.15) is 0 Å². The third-order valence-electron chi connectivity index (χ3n) is 8.65. The van der Waals surface area contributed by atoms with Crippen LogP contribution in [-0.4, -0.2) is 28.8 Å². The Bertz CT molecular complexity index is 1280. The van der Waals surface area contributed by atoms with Gasteiger partial charge in [-0.25, -0.2) is 0 Å². The van der Waals surface area contributed by atoms with Gasteiger partial charge in [-0.3, -0.25) is 9.48 Å². The minimum Gasteiger partial charge on any atom is -0.380 e. The number of rotatable bonds is 7. The number of nitrogens with one attached hydrogen (secondary N) is 1. The molecular weight excluding hydrogens is 470 g/mol. The van der Waals surface area contributed by atoms with Crippen molar-refractivity contribution < 1.29 is 9.53 Å². The second-order valence-electron chi connectivity index (χ2n) is 11.6. The third kappa shape index (κ3) is 4.48. The summed E-state index contributed by atoms with van der Waals surface area (Å²) in [5, 5.41) is 8.88. The van der Waals surface area contributed by atoms with Crippen LogP contribution in [0.3, 0.4) is 0 Å². The molecule has 0 spiro atoms. The molecule has 2 bridgehead atoms. The van der Waals surface area contributed by atoms with Gasteiger partial charge in [-0.05, 0) is 72.3 Å². The Morgan fingerprint density at radius 1 is 1.17 bits per heavy atom. The van der Waals surface area contributed by atoms with E-state index in [9.17, 15) is 4.79 Å². The SMILES string of the molecule is COCc1cc(-c2cc(C(=O)NC3C4(C)CCC(C4)C3(C)C)nn2Cc2ccc(C)cc2)ccc1Cl. The van der Waals surface area contributed by atoms with Gasteiger partial charge in [-0.1, -0.05) is 68.3 Å². The number of benzene rings is 2. The Morgan fingerprint density at radius 2 is 1.92 bits per heavy atom. The van der Waals surface area contributed by atoms with E-state index in [2.05, 4.69) is 57.3 Å². The maximum atomic E-state index is 13.6. The number of aryl methyl sites for hydroxylation is 1. The summed E-state index contributed by atoms with van der Waals surface area (Å²) in [6, 6.07) is 16.4. The van der Waals surface area contributed by atoms with Gasteiger partial charge in [-0.15, -0.1) is 0 Å². The number of hydrogen-bond acceptors (Lipinski definition) is 3. The molecule has 0 aliphatic heterocycles. The number of aromatic nitrogens is 2. The molecule has 6 heteroatoms. The Morgan fingerprint density at radius 3 is 2.58 bits per heavy atom. The van der Waals surface area contributed by atoms with E-state index < -0.39 is 0 Å². The lowest BCUT2D eigenvalue weighted by Gasteiger charge is -2.42. The molecule has 0 radical (unpaired) electrons. The molecule has 36 heavy (non-hydrogen) atoms. The molecule has 2 aliphatic rings. The van der Waals surface area contributed by atoms with Gasteiger partial charge in [-0.2, -0.15) is 5.10 Å². The molecule has 2 aliphatic carbocycles. The van der Waals surface area contributed by atoms with E-state index >= 15 is 0 Å². The van der Waals surface area contributed by atoms with Crippen molar-refractivity contribution in [3.8, 4) is 11.3 Å². The van der Waals surface area contributed by atoms with Crippen LogP contribution < -0.4 is 5.32 Å². The summed E-state index contributed by atoms with van der Waals surface area (Å²) < 4.78 is 7.26. The highest BCUT2D eigenvalue weighted by molar-refractivity contribution is 6.31. The highest BCUT2D eigenvalue weighted by Gasteiger charge is 2.59. The van der Waals surface area contributed by atoms with Crippen molar-refractivity contribution in [2.75, 3.05) is 7.11 Å². The van der Waals surface area contributed by atoms with Gasteiger partial charge >= 0.3 is 0 Å². The van der Waals surface area contributed by atoms with Crippen molar-refractivity contribution in [3.63, 3.8) is 0 Å². The average molecular weight is 506 g/mol. The minimum atomic E-state index is -0.100. The second kappa shape index (κ2) is 9.35. The molecule has 2 saturated carbocycles. The maximum absolute atomic E-state index is 13.6. The van der Waals surface area contributed by atoms with Crippen LogP contribution in [0.2, 0.25) is 5.02 Å². The molecular formula is C30H36ClN3O2. The van der Waals surface area contributed by atoms with Gasteiger partial charge in [0.2, 0.25) is 0 Å². The molecule has 3 unspecified atom stereocenters. The third-order valence-corrected chi connectivity index (χ3v) is 9.02. The van der Waals surface area contributed by atoms with Gasteiger partial charge in [0.15, 0.2) is 5.69 Å². The highest BCUT2D eigenvalue weighted by Crippen LogP contribution is 2.62. The first-order chi connectivity index (χ1) is 17.1. The van der Waals surface area contributed by atoms with Gasteiger partial charge < -0.3 is 10.1 Å². The number of ether oxygens (including phenoxy) is 1. The first-order valence-electron chi connectivity index (χ1n) is 12.8. The van der Waals surface area contributed by atoms with Crippen molar-refractivity contribution in [2.24, 2.45) is 16.7 Å². The molecule has 1 N–H and O–H groups in total. The number of hydrogen-bond donors (Lipinski definition) is 1. The summed E-state index contributed by atoms with van der Waals surface area (Å²) in [6.45, 7) is 10.0. The summed E-state index contributed by atoms with van der Waals surface area (Å²) in [5.41, 5.74) is 5.77. The van der Waals surface area contributed by atoms with E-state index in [4.69, 9.17) is 21.4 Å². The summed E-state index contributed by atoms with van der Waals surface area (Å²) in [4.78, 5) is 13.6. The van der Waals surface area contributed by atoms with E-state index in [1.54, 1.807) is 7.11 Å². The summed E-state index contributed by atoms with van der Waals surface area (Å²) >= 11 is 6.40. The predicted molar refractivity (Wildman–Crippen MR) is 144 cm³/mol. The topological polar surface area (TPSA) is 56.1 Å². The monoisotopic (exact) mass is 505 g/mol. The van der Waals surface area contributed by atoms with Crippen molar-refractivity contribution in [1.82, 2.24) is 15.1 Å². The predicted octanol–water partition coefficient (Wildman–Crippen LogP) is 6.65. The quantitative estimate of drug-likeness (QED) is 0.391. The Kier molecular flexibility index (Phi) is 6.50. The second-order valence-corrected chi connectivity index (χ2v) is 12.0. The summed E-state index contributed by atoms with van der Waals surface area (Å²) in [6.07, 6.45) is 3.61. The van der Waals surface area contributed by atoms with Crippen LogP contribution in [0.1, 0.15) is 67.2 Å². The van der Waals surface area contributed by atoms with E-state index in [0.29, 0.717) is 29.8 Å². The van der Waals surface area contributed by atoms with Crippen LogP contribution in [0.5, 0.6) is 0 Å². The lowest BCUT2D eigenvalue weighted by atomic mass is 9.68. The molecule has 2 fully saturated rings. The fourth-order valence-electron chi connectivity index (χ4n) is 6.61. The van der Waals surface area contributed by atoms with Crippen LogP contribution in [0, 0.1) is 23.7 Å². The number of nitrogens with zero attached hydrogens (tertiary/aromatic N) is 2. The van der Waals surface area contributed by atoms with Crippen LogP contribution in [0.15, 0.2) is 48.5 Å². The number of carbonyl (C=O) groups is 1. The zero-order valence-electron chi connectivity index (χ0n) is 21.9. The minimum absolute atomic E-state index is 0.0845. The van der Waals surface area contributed by atoms with E-state index in [-0.39, 0.29) is 22.8 Å². The lowest BCUT2D eigenvalue weighted by molar-refractivity contribution is 0.0732. The molecule has 5 rings (SSSR count). The molecule has 2 aromatic carbocycles. The van der Waals surface area contributed by atoms with Crippen LogP contribution in [0.4, 0.5) is 0 Å². The average Bonchev–Trinajstić information content (AvgIpc) is 3.49. The van der Waals surface area contributed by atoms with Gasteiger partial charge in [0, 0.05) is 23.7 Å². The lowest BCUT2D eigenvalue weighted by Crippen LogP contribution is -2.52. The van der Waals surface area contributed by atoms with Crippen LogP contribution >= 0.6 is 11.6 Å². The molecule has 3 atom stereocenters. The standard InChI is InChI=1S/C30H36ClN3O2/c1-19-6-8-20(9-7-19)17-34-26(21-10-11-24(31)22(14-21)18-36-5)15-25(33-34)27(35)32-28-29(2,3)23-12-13-30(28,4)16-23/h6-11,14-15,23,28H,12-13,16-18H2,1-5H3,(H,32,35). The Labute approximate surface area is 219 Å². The maximum Gasteiger partial charge on any atom is 0.272 e. The number of halogens is 1. The van der Waals surface area contributed by atoms with Crippen molar-refractivity contribution >= 4 is 17.5 Å². The largest absolute Gasteiger partial charge is 0.380 e. The number of methoxy groups -OCH3 is 1. The smallest absolute Gasteiger partial charge is 0.272 e. The van der Waals surface area contributed by atoms with Crippen LogP contribution in [-0.2, 0) is 17.9 Å². The molecule has 1 aromatic heterocycles. The van der Waals surface area contributed by atoms with Crippen molar-refractivity contribution in [2.45, 2.75) is 66.2 Å².